The summed E-state index contributed by atoms with van der Waals surface area (Å²) in [5.41, 5.74) is 5.44. The minimum atomic E-state index is 0.621. The van der Waals surface area contributed by atoms with Gasteiger partial charge in [0, 0.05) is 42.4 Å². The monoisotopic (exact) mass is 532 g/mol. The number of nitrogens with zero attached hydrogens (tertiary/aromatic N) is 4. The summed E-state index contributed by atoms with van der Waals surface area (Å²) in [6, 6.07) is 40.8. The Balaban J connectivity index is 1.29. The molecule has 0 aliphatic heterocycles. The molecule has 188 valence electrons. The molecular formula is C34H20N4OS. The van der Waals surface area contributed by atoms with E-state index in [4.69, 9.17) is 24.4 Å². The summed E-state index contributed by atoms with van der Waals surface area (Å²) in [5.74, 6) is 2.57. The zero-order valence-corrected chi connectivity index (χ0v) is 22.0. The number of para-hydroxylation sites is 2. The van der Waals surface area contributed by atoms with Crippen molar-refractivity contribution in [3.63, 3.8) is 0 Å². The van der Waals surface area contributed by atoms with Crippen LogP contribution in [0.5, 0.6) is 0 Å². The van der Waals surface area contributed by atoms with Crippen LogP contribution >= 0.6 is 11.3 Å². The van der Waals surface area contributed by atoms with E-state index >= 15 is 0 Å². The van der Waals surface area contributed by atoms with E-state index in [1.54, 1.807) is 11.3 Å². The topological polar surface area (TPSA) is 64.7 Å². The standard InChI is InChI=1S/C34H20N4OS/c1-3-9-21(10-4-1)31-36-32(22-11-5-2-6-12-22)38-33(37-31)23-15-17-29-25(19-23)26-20-24(16-18-30(26)40-29)34-35-27-13-7-8-14-28(27)39-34/h1-20H. The second kappa shape index (κ2) is 9.22. The highest BCUT2D eigenvalue weighted by Gasteiger charge is 2.15. The van der Waals surface area contributed by atoms with Gasteiger partial charge in [0.1, 0.15) is 5.52 Å². The van der Waals surface area contributed by atoms with E-state index in [9.17, 15) is 0 Å². The summed E-state index contributed by atoms with van der Waals surface area (Å²) >= 11 is 1.77. The first-order valence-electron chi connectivity index (χ1n) is 13.0. The highest BCUT2D eigenvalue weighted by atomic mass is 32.1. The Hall–Kier alpha value is -5.20. The lowest BCUT2D eigenvalue weighted by Gasteiger charge is -2.08. The van der Waals surface area contributed by atoms with Crippen LogP contribution in [0.15, 0.2) is 126 Å². The van der Waals surface area contributed by atoms with Gasteiger partial charge in [-0.2, -0.15) is 0 Å². The number of rotatable bonds is 4. The minimum absolute atomic E-state index is 0.621. The largest absolute Gasteiger partial charge is 0.436 e. The van der Waals surface area contributed by atoms with Gasteiger partial charge in [0.05, 0.1) is 0 Å². The van der Waals surface area contributed by atoms with Gasteiger partial charge in [-0.15, -0.1) is 11.3 Å². The van der Waals surface area contributed by atoms with E-state index < -0.39 is 0 Å². The van der Waals surface area contributed by atoms with Gasteiger partial charge >= 0.3 is 0 Å². The summed E-state index contributed by atoms with van der Waals surface area (Å²) in [7, 11) is 0. The van der Waals surface area contributed by atoms with Crippen LogP contribution in [-0.4, -0.2) is 19.9 Å². The molecule has 0 saturated carbocycles. The Morgan fingerprint density at radius 1 is 0.450 bits per heavy atom. The van der Waals surface area contributed by atoms with E-state index in [1.807, 2.05) is 84.9 Å². The van der Waals surface area contributed by atoms with Crippen LogP contribution in [-0.2, 0) is 0 Å². The van der Waals surface area contributed by atoms with Gasteiger partial charge in [-0.25, -0.2) is 19.9 Å². The van der Waals surface area contributed by atoms with Crippen LogP contribution in [0.3, 0.4) is 0 Å². The van der Waals surface area contributed by atoms with Crippen LogP contribution in [0.25, 0.3) is 76.9 Å². The molecule has 0 bridgehead atoms. The third kappa shape index (κ3) is 3.94. The summed E-state index contributed by atoms with van der Waals surface area (Å²) in [6.07, 6.45) is 0. The Labute approximate surface area is 233 Å². The Bertz CT molecular complexity index is 2080. The Morgan fingerprint density at radius 2 is 0.975 bits per heavy atom. The lowest BCUT2D eigenvalue weighted by atomic mass is 10.1. The van der Waals surface area contributed by atoms with Crippen molar-refractivity contribution in [3.05, 3.63) is 121 Å². The molecule has 0 saturated heterocycles. The Kier molecular flexibility index (Phi) is 5.24. The van der Waals surface area contributed by atoms with Gasteiger partial charge in [0.2, 0.25) is 5.89 Å². The maximum Gasteiger partial charge on any atom is 0.227 e. The van der Waals surface area contributed by atoms with Crippen LogP contribution in [0.1, 0.15) is 0 Å². The number of hydrogen-bond donors (Lipinski definition) is 0. The first kappa shape index (κ1) is 22.8. The fourth-order valence-electron chi connectivity index (χ4n) is 4.98. The third-order valence-electron chi connectivity index (χ3n) is 6.97. The lowest BCUT2D eigenvalue weighted by molar-refractivity contribution is 0.620. The van der Waals surface area contributed by atoms with Crippen molar-refractivity contribution in [2.75, 3.05) is 0 Å². The molecule has 0 N–H and O–H groups in total. The molecule has 0 amide bonds. The van der Waals surface area contributed by atoms with E-state index in [1.165, 1.54) is 9.40 Å². The number of fused-ring (bicyclic) bond motifs is 4. The zero-order valence-electron chi connectivity index (χ0n) is 21.2. The number of benzene rings is 5. The molecule has 5 nitrogen and oxygen atoms in total. The number of thiophene rings is 1. The molecule has 0 atom stereocenters. The van der Waals surface area contributed by atoms with Crippen molar-refractivity contribution < 1.29 is 4.42 Å². The summed E-state index contributed by atoms with van der Waals surface area (Å²) in [4.78, 5) is 19.4. The summed E-state index contributed by atoms with van der Waals surface area (Å²) in [6.45, 7) is 0. The van der Waals surface area contributed by atoms with E-state index in [2.05, 4.69) is 36.4 Å². The minimum Gasteiger partial charge on any atom is -0.436 e. The van der Waals surface area contributed by atoms with Gasteiger partial charge in [0.25, 0.3) is 0 Å². The quantitative estimate of drug-likeness (QED) is 0.226. The predicted octanol–water partition coefficient (Wildman–Crippen LogP) is 9.05. The zero-order chi connectivity index (χ0) is 26.5. The van der Waals surface area contributed by atoms with Gasteiger partial charge < -0.3 is 4.42 Å². The fourth-order valence-corrected chi connectivity index (χ4v) is 6.05. The average Bonchev–Trinajstić information content (AvgIpc) is 3.63. The molecule has 0 radical (unpaired) electrons. The van der Waals surface area contributed by atoms with Crippen LogP contribution in [0, 0.1) is 0 Å². The van der Waals surface area contributed by atoms with Gasteiger partial charge in [-0.05, 0) is 48.5 Å². The van der Waals surface area contributed by atoms with Gasteiger partial charge in [0.15, 0.2) is 23.1 Å². The van der Waals surface area contributed by atoms with E-state index in [0.717, 1.165) is 44.1 Å². The van der Waals surface area contributed by atoms with Crippen molar-refractivity contribution in [2.45, 2.75) is 0 Å². The highest BCUT2D eigenvalue weighted by Crippen LogP contribution is 2.38. The highest BCUT2D eigenvalue weighted by molar-refractivity contribution is 7.25. The normalized spacial score (nSPS) is 11.5. The number of aromatic nitrogens is 4. The van der Waals surface area contributed by atoms with E-state index in [0.29, 0.717) is 23.4 Å². The summed E-state index contributed by atoms with van der Waals surface area (Å²) in [5, 5.41) is 2.31. The summed E-state index contributed by atoms with van der Waals surface area (Å²) < 4.78 is 8.47. The fraction of sp³-hybridized carbons (Fsp3) is 0. The van der Waals surface area contributed by atoms with Gasteiger partial charge in [-0.1, -0.05) is 72.8 Å². The first-order chi connectivity index (χ1) is 19.8. The maximum atomic E-state index is 6.06. The molecule has 5 aromatic carbocycles. The third-order valence-corrected chi connectivity index (χ3v) is 8.12. The first-order valence-corrected chi connectivity index (χ1v) is 13.8. The molecule has 40 heavy (non-hydrogen) atoms. The van der Waals surface area contributed by atoms with Crippen molar-refractivity contribution in [1.29, 1.82) is 0 Å². The van der Waals surface area contributed by atoms with Crippen molar-refractivity contribution in [1.82, 2.24) is 19.9 Å². The number of hydrogen-bond acceptors (Lipinski definition) is 6. The number of oxazole rings is 1. The molecule has 6 heteroatoms. The Morgan fingerprint density at radius 3 is 1.60 bits per heavy atom. The van der Waals surface area contributed by atoms with Crippen LogP contribution < -0.4 is 0 Å². The second-order valence-corrected chi connectivity index (χ2v) is 10.6. The van der Waals surface area contributed by atoms with Crippen LogP contribution in [0.4, 0.5) is 0 Å². The molecule has 0 spiro atoms. The molecular weight excluding hydrogens is 512 g/mol. The molecule has 0 aliphatic carbocycles. The SMILES string of the molecule is c1ccc(-c2nc(-c3ccccc3)nc(-c3ccc4sc5ccc(-c6nc7ccccc7o6)cc5c4c3)n2)cc1. The lowest BCUT2D eigenvalue weighted by Crippen LogP contribution is -2.00. The molecule has 3 aromatic heterocycles. The van der Waals surface area contributed by atoms with Crippen molar-refractivity contribution >= 4 is 42.6 Å². The smallest absolute Gasteiger partial charge is 0.227 e. The molecule has 8 aromatic rings. The molecule has 8 rings (SSSR count). The molecule has 0 aliphatic rings. The molecule has 0 unspecified atom stereocenters. The van der Waals surface area contributed by atoms with E-state index in [-0.39, 0.29) is 0 Å². The molecule has 0 fully saturated rings. The van der Waals surface area contributed by atoms with Crippen molar-refractivity contribution in [3.8, 4) is 45.6 Å². The maximum absolute atomic E-state index is 6.06. The average molecular weight is 533 g/mol. The molecule has 3 heterocycles. The second-order valence-electron chi connectivity index (χ2n) is 9.55. The van der Waals surface area contributed by atoms with Crippen LogP contribution in [0.2, 0.25) is 0 Å². The predicted molar refractivity (Wildman–Crippen MR) is 162 cm³/mol. The van der Waals surface area contributed by atoms with Crippen molar-refractivity contribution in [2.24, 2.45) is 0 Å². The van der Waals surface area contributed by atoms with Gasteiger partial charge in [-0.3, -0.25) is 0 Å².